The molecule has 1 amide bonds. The van der Waals surface area contributed by atoms with Gasteiger partial charge in [-0.15, -0.1) is 0 Å². The third-order valence-corrected chi connectivity index (χ3v) is 2.28. The van der Waals surface area contributed by atoms with Crippen LogP contribution in [0.5, 0.6) is 5.75 Å². The highest BCUT2D eigenvalue weighted by atomic mass is 35.5. The fraction of sp³-hybridized carbons (Fsp3) is 0.222. The summed E-state index contributed by atoms with van der Waals surface area (Å²) in [4.78, 5) is 10.8. The molecule has 1 aromatic carbocycles. The van der Waals surface area contributed by atoms with E-state index in [9.17, 15) is 9.90 Å². The first kappa shape index (κ1) is 9.15. The van der Waals surface area contributed by atoms with Crippen LogP contribution in [0.2, 0.25) is 5.02 Å². The second kappa shape index (κ2) is 3.38. The van der Waals surface area contributed by atoms with Crippen molar-refractivity contribution in [1.29, 1.82) is 0 Å². The summed E-state index contributed by atoms with van der Waals surface area (Å²) in [5, 5.41) is 12.6. The van der Waals surface area contributed by atoms with E-state index in [0.29, 0.717) is 10.6 Å². The second-order valence-electron chi connectivity index (χ2n) is 3.00. The van der Waals surface area contributed by atoms with Crippen LogP contribution in [0.3, 0.4) is 0 Å². The van der Waals surface area contributed by atoms with Gasteiger partial charge in [0.1, 0.15) is 12.4 Å². The number of hydrogen-bond donors (Lipinski definition) is 2. The minimum Gasteiger partial charge on any atom is -0.508 e. The maximum absolute atomic E-state index is 10.8. The smallest absolute Gasteiger partial charge is 0.407 e. The Hall–Kier alpha value is -1.42. The number of rotatable bonds is 1. The predicted molar refractivity (Wildman–Crippen MR) is 50.3 cm³/mol. The molecule has 1 heterocycles. The Labute approximate surface area is 85.4 Å². The van der Waals surface area contributed by atoms with Gasteiger partial charge in [0.15, 0.2) is 0 Å². The van der Waals surface area contributed by atoms with Crippen molar-refractivity contribution in [3.63, 3.8) is 0 Å². The Morgan fingerprint density at radius 1 is 1.57 bits per heavy atom. The first-order chi connectivity index (χ1) is 6.66. The molecule has 1 aromatic rings. The minimum atomic E-state index is -0.468. The normalized spacial score (nSPS) is 20.4. The van der Waals surface area contributed by atoms with Crippen LogP contribution in [0, 0.1) is 0 Å². The summed E-state index contributed by atoms with van der Waals surface area (Å²) in [5.41, 5.74) is 0.611. The molecule has 74 valence electrons. The third-order valence-electron chi connectivity index (χ3n) is 2.04. The zero-order valence-corrected chi connectivity index (χ0v) is 7.91. The average molecular weight is 214 g/mol. The van der Waals surface area contributed by atoms with Crippen molar-refractivity contribution in [2.24, 2.45) is 0 Å². The second-order valence-corrected chi connectivity index (χ2v) is 3.43. The Morgan fingerprint density at radius 2 is 2.36 bits per heavy atom. The summed E-state index contributed by atoms with van der Waals surface area (Å²) < 4.78 is 4.71. The standard InChI is InChI=1S/C9H8ClNO3/c10-5-1-2-6(8(12)3-5)7-4-14-9(13)11-7/h1-3,7,12H,4H2,(H,11,13)/t7-/m0/s1. The van der Waals surface area contributed by atoms with E-state index in [1.54, 1.807) is 12.1 Å². The Kier molecular flexibility index (Phi) is 2.21. The molecular formula is C9H8ClNO3. The van der Waals surface area contributed by atoms with Crippen LogP contribution in [0.1, 0.15) is 11.6 Å². The molecule has 1 aliphatic rings. The molecule has 0 spiro atoms. The zero-order valence-electron chi connectivity index (χ0n) is 7.16. The van der Waals surface area contributed by atoms with E-state index >= 15 is 0 Å². The van der Waals surface area contributed by atoms with Gasteiger partial charge in [-0.05, 0) is 12.1 Å². The van der Waals surface area contributed by atoms with Crippen LogP contribution in [0.15, 0.2) is 18.2 Å². The molecule has 0 unspecified atom stereocenters. The largest absolute Gasteiger partial charge is 0.508 e. The molecule has 0 aliphatic carbocycles. The van der Waals surface area contributed by atoms with E-state index in [4.69, 9.17) is 16.3 Å². The van der Waals surface area contributed by atoms with Gasteiger partial charge in [0.2, 0.25) is 0 Å². The monoisotopic (exact) mass is 213 g/mol. The third kappa shape index (κ3) is 1.61. The van der Waals surface area contributed by atoms with Crippen LogP contribution >= 0.6 is 11.6 Å². The zero-order chi connectivity index (χ0) is 10.1. The van der Waals surface area contributed by atoms with Gasteiger partial charge in [0.25, 0.3) is 0 Å². The van der Waals surface area contributed by atoms with Gasteiger partial charge >= 0.3 is 6.09 Å². The molecule has 0 saturated carbocycles. The molecule has 1 atom stereocenters. The van der Waals surface area contributed by atoms with Crippen LogP contribution in [-0.2, 0) is 4.74 Å². The van der Waals surface area contributed by atoms with E-state index < -0.39 is 6.09 Å². The maximum Gasteiger partial charge on any atom is 0.407 e. The summed E-state index contributed by atoms with van der Waals surface area (Å²) >= 11 is 5.67. The van der Waals surface area contributed by atoms with Gasteiger partial charge in [-0.2, -0.15) is 0 Å². The molecule has 4 nitrogen and oxygen atoms in total. The molecule has 2 N–H and O–H groups in total. The van der Waals surface area contributed by atoms with Crippen molar-refractivity contribution in [1.82, 2.24) is 5.32 Å². The summed E-state index contributed by atoms with van der Waals surface area (Å²) in [7, 11) is 0. The van der Waals surface area contributed by atoms with Gasteiger partial charge in [-0.3, -0.25) is 0 Å². The molecule has 1 aliphatic heterocycles. The first-order valence-corrected chi connectivity index (χ1v) is 4.46. The van der Waals surface area contributed by atoms with E-state index in [0.717, 1.165) is 0 Å². The van der Waals surface area contributed by atoms with Crippen molar-refractivity contribution in [2.45, 2.75) is 6.04 Å². The lowest BCUT2D eigenvalue weighted by Crippen LogP contribution is -2.18. The lowest BCUT2D eigenvalue weighted by atomic mass is 10.1. The van der Waals surface area contributed by atoms with Crippen molar-refractivity contribution in [2.75, 3.05) is 6.61 Å². The Bertz CT molecular complexity index is 380. The Balaban J connectivity index is 2.28. The predicted octanol–water partition coefficient (Wildman–Crippen LogP) is 1.83. The van der Waals surface area contributed by atoms with Crippen molar-refractivity contribution >= 4 is 17.7 Å². The number of alkyl carbamates (subject to hydrolysis) is 1. The van der Waals surface area contributed by atoms with Crippen LogP contribution in [-0.4, -0.2) is 17.8 Å². The number of amides is 1. The van der Waals surface area contributed by atoms with Crippen molar-refractivity contribution in [3.05, 3.63) is 28.8 Å². The number of carbonyl (C=O) groups is 1. The molecule has 1 saturated heterocycles. The molecule has 5 heteroatoms. The minimum absolute atomic E-state index is 0.0632. The lowest BCUT2D eigenvalue weighted by Gasteiger charge is -2.09. The van der Waals surface area contributed by atoms with Gasteiger partial charge in [-0.25, -0.2) is 4.79 Å². The molecule has 0 radical (unpaired) electrons. The van der Waals surface area contributed by atoms with Crippen LogP contribution in [0.25, 0.3) is 0 Å². The number of ether oxygens (including phenoxy) is 1. The molecule has 14 heavy (non-hydrogen) atoms. The maximum atomic E-state index is 10.8. The number of phenolic OH excluding ortho intramolecular Hbond substituents is 1. The summed E-state index contributed by atoms with van der Waals surface area (Å²) in [6, 6.07) is 4.46. The molecule has 0 bridgehead atoms. The number of cyclic esters (lactones) is 1. The topological polar surface area (TPSA) is 58.6 Å². The highest BCUT2D eigenvalue weighted by Crippen LogP contribution is 2.29. The number of carbonyl (C=O) groups excluding carboxylic acids is 1. The average Bonchev–Trinajstić information content (AvgIpc) is 2.51. The molecule has 0 aromatic heterocycles. The number of hydrogen-bond acceptors (Lipinski definition) is 3. The molecule has 2 rings (SSSR count). The fourth-order valence-electron chi connectivity index (χ4n) is 1.36. The highest BCUT2D eigenvalue weighted by molar-refractivity contribution is 6.30. The number of halogens is 1. The highest BCUT2D eigenvalue weighted by Gasteiger charge is 2.25. The quantitative estimate of drug-likeness (QED) is 0.748. The summed E-state index contributed by atoms with van der Waals surface area (Å²) in [6.45, 7) is 0.230. The fourth-order valence-corrected chi connectivity index (χ4v) is 1.53. The number of aromatic hydroxyl groups is 1. The van der Waals surface area contributed by atoms with Gasteiger partial charge in [-0.1, -0.05) is 17.7 Å². The van der Waals surface area contributed by atoms with E-state index in [1.807, 2.05) is 0 Å². The number of benzene rings is 1. The molecular weight excluding hydrogens is 206 g/mol. The first-order valence-electron chi connectivity index (χ1n) is 4.08. The number of phenols is 1. The van der Waals surface area contributed by atoms with Crippen LogP contribution in [0.4, 0.5) is 4.79 Å². The van der Waals surface area contributed by atoms with Gasteiger partial charge in [0, 0.05) is 10.6 Å². The van der Waals surface area contributed by atoms with Crippen molar-refractivity contribution in [3.8, 4) is 5.75 Å². The van der Waals surface area contributed by atoms with Crippen molar-refractivity contribution < 1.29 is 14.6 Å². The van der Waals surface area contributed by atoms with E-state index in [2.05, 4.69) is 5.32 Å². The van der Waals surface area contributed by atoms with Gasteiger partial charge in [0.05, 0.1) is 6.04 Å². The summed E-state index contributed by atoms with van der Waals surface area (Å²) in [5.74, 6) is 0.0632. The van der Waals surface area contributed by atoms with E-state index in [-0.39, 0.29) is 18.4 Å². The van der Waals surface area contributed by atoms with Gasteiger partial charge < -0.3 is 15.2 Å². The SMILES string of the molecule is O=C1N[C@H](c2ccc(Cl)cc2O)CO1. The van der Waals surface area contributed by atoms with Crippen LogP contribution < -0.4 is 5.32 Å². The van der Waals surface area contributed by atoms with E-state index in [1.165, 1.54) is 6.07 Å². The number of nitrogens with one attached hydrogen (secondary N) is 1. The summed E-state index contributed by atoms with van der Waals surface area (Å²) in [6.07, 6.45) is -0.468. The Morgan fingerprint density at radius 3 is 2.93 bits per heavy atom. The molecule has 1 fully saturated rings. The lowest BCUT2D eigenvalue weighted by molar-refractivity contribution is 0.177.